The van der Waals surface area contributed by atoms with E-state index >= 15 is 0 Å². The van der Waals surface area contributed by atoms with Crippen molar-refractivity contribution in [2.75, 3.05) is 33.2 Å². The number of fused-ring (bicyclic) bond motifs is 1. The van der Waals surface area contributed by atoms with Gasteiger partial charge >= 0.3 is 0 Å². The molecule has 1 aromatic heterocycles. The molecule has 0 spiro atoms. The zero-order valence-electron chi connectivity index (χ0n) is 12.0. The largest absolute Gasteiger partial charge is 0.337 e. The smallest absolute Gasteiger partial charge is 0.265 e. The van der Waals surface area contributed by atoms with Crippen molar-refractivity contribution in [3.8, 4) is 0 Å². The predicted molar refractivity (Wildman–Crippen MR) is 94.9 cm³/mol. The van der Waals surface area contributed by atoms with Gasteiger partial charge in [-0.05, 0) is 32.1 Å². The summed E-state index contributed by atoms with van der Waals surface area (Å²) < 4.78 is 0.845. The second-order valence-corrected chi connectivity index (χ2v) is 7.73. The van der Waals surface area contributed by atoms with Crippen LogP contribution in [-0.2, 0) is 0 Å². The van der Waals surface area contributed by atoms with Crippen molar-refractivity contribution in [2.24, 2.45) is 0 Å². The zero-order valence-corrected chi connectivity index (χ0v) is 15.1. The number of rotatable bonds is 1. The summed E-state index contributed by atoms with van der Waals surface area (Å²) in [7, 11) is 2.07. The van der Waals surface area contributed by atoms with E-state index in [4.69, 9.17) is 34.8 Å². The van der Waals surface area contributed by atoms with Crippen LogP contribution in [0.2, 0.25) is 15.1 Å². The van der Waals surface area contributed by atoms with Gasteiger partial charge in [-0.3, -0.25) is 4.79 Å². The van der Waals surface area contributed by atoms with Gasteiger partial charge in [-0.1, -0.05) is 34.8 Å². The number of likely N-dealkylation sites (N-methyl/N-ethyl adjacent to an activating group) is 1. The van der Waals surface area contributed by atoms with Crippen LogP contribution in [0, 0.1) is 0 Å². The molecular formula is C15H15Cl3N2OS. The minimum atomic E-state index is -0.0197. The van der Waals surface area contributed by atoms with E-state index in [-0.39, 0.29) is 5.91 Å². The first-order valence-electron chi connectivity index (χ1n) is 7.02. The SMILES string of the molecule is CN1CCCN(C(=O)c2sc3cc(Cl)cc(Cl)c3c2Cl)CC1. The van der Waals surface area contributed by atoms with Crippen molar-refractivity contribution < 1.29 is 4.79 Å². The number of nitrogens with zero attached hydrogens (tertiary/aromatic N) is 2. The molecule has 118 valence electrons. The molecule has 7 heteroatoms. The maximum Gasteiger partial charge on any atom is 0.265 e. The van der Waals surface area contributed by atoms with Crippen LogP contribution in [0.3, 0.4) is 0 Å². The minimum absolute atomic E-state index is 0.0197. The number of hydrogen-bond acceptors (Lipinski definition) is 3. The van der Waals surface area contributed by atoms with Crippen LogP contribution >= 0.6 is 46.1 Å². The summed E-state index contributed by atoms with van der Waals surface area (Å²) in [6.07, 6.45) is 0.970. The Bertz CT molecular complexity index is 731. The van der Waals surface area contributed by atoms with Gasteiger partial charge in [0.25, 0.3) is 5.91 Å². The molecular weight excluding hydrogens is 363 g/mol. The Morgan fingerprint density at radius 3 is 2.68 bits per heavy atom. The monoisotopic (exact) mass is 376 g/mol. The van der Waals surface area contributed by atoms with Crippen molar-refractivity contribution in [1.82, 2.24) is 9.80 Å². The van der Waals surface area contributed by atoms with Crippen molar-refractivity contribution in [3.05, 3.63) is 32.1 Å². The number of carbonyl (C=O) groups excluding carboxylic acids is 1. The fourth-order valence-electron chi connectivity index (χ4n) is 2.64. The molecule has 0 unspecified atom stereocenters. The van der Waals surface area contributed by atoms with Crippen LogP contribution in [0.15, 0.2) is 12.1 Å². The van der Waals surface area contributed by atoms with Gasteiger partial charge in [0.15, 0.2) is 0 Å². The summed E-state index contributed by atoms with van der Waals surface area (Å²) in [5, 5.41) is 2.18. The molecule has 3 nitrogen and oxygen atoms in total. The number of hydrogen-bond donors (Lipinski definition) is 0. The fourth-order valence-corrected chi connectivity index (χ4v) is 4.98. The molecule has 0 atom stereocenters. The van der Waals surface area contributed by atoms with E-state index in [1.807, 2.05) is 4.90 Å². The molecule has 1 amide bonds. The molecule has 1 aliphatic rings. The molecule has 1 aliphatic heterocycles. The Balaban J connectivity index is 1.97. The van der Waals surface area contributed by atoms with Crippen molar-refractivity contribution in [2.45, 2.75) is 6.42 Å². The highest BCUT2D eigenvalue weighted by atomic mass is 35.5. The van der Waals surface area contributed by atoms with E-state index < -0.39 is 0 Å². The number of amides is 1. The predicted octanol–water partition coefficient (Wildman–Crippen LogP) is 4.64. The summed E-state index contributed by atoms with van der Waals surface area (Å²) in [5.41, 5.74) is 0. The molecule has 1 fully saturated rings. The maximum atomic E-state index is 12.8. The lowest BCUT2D eigenvalue weighted by molar-refractivity contribution is 0.0768. The van der Waals surface area contributed by atoms with Gasteiger partial charge in [0.1, 0.15) is 4.88 Å². The Labute approximate surface area is 148 Å². The molecule has 1 aromatic carbocycles. The van der Waals surface area contributed by atoms with Gasteiger partial charge in [0, 0.05) is 34.7 Å². The second kappa shape index (κ2) is 6.54. The van der Waals surface area contributed by atoms with E-state index in [1.54, 1.807) is 12.1 Å². The minimum Gasteiger partial charge on any atom is -0.337 e. The average Bonchev–Trinajstić information content (AvgIpc) is 2.64. The van der Waals surface area contributed by atoms with Gasteiger partial charge in [0.2, 0.25) is 0 Å². The van der Waals surface area contributed by atoms with Crippen LogP contribution in [0.5, 0.6) is 0 Å². The Kier molecular flexibility index (Phi) is 4.86. The van der Waals surface area contributed by atoms with Crippen molar-refractivity contribution in [3.63, 3.8) is 0 Å². The van der Waals surface area contributed by atoms with Crippen LogP contribution in [0.25, 0.3) is 10.1 Å². The summed E-state index contributed by atoms with van der Waals surface area (Å²) in [6.45, 7) is 3.35. The van der Waals surface area contributed by atoms with E-state index in [9.17, 15) is 4.79 Å². The molecule has 2 heterocycles. The Morgan fingerprint density at radius 1 is 1.14 bits per heavy atom. The first kappa shape index (κ1) is 16.3. The van der Waals surface area contributed by atoms with E-state index in [0.29, 0.717) is 31.9 Å². The van der Waals surface area contributed by atoms with Crippen molar-refractivity contribution >= 4 is 62.1 Å². The van der Waals surface area contributed by atoms with Gasteiger partial charge < -0.3 is 9.80 Å². The third-order valence-electron chi connectivity index (χ3n) is 3.85. The highest BCUT2D eigenvalue weighted by Crippen LogP contribution is 2.41. The normalized spacial score (nSPS) is 17.0. The third kappa shape index (κ3) is 3.08. The van der Waals surface area contributed by atoms with Crippen LogP contribution in [0.1, 0.15) is 16.1 Å². The quantitative estimate of drug-likeness (QED) is 0.723. The molecule has 0 bridgehead atoms. The van der Waals surface area contributed by atoms with Gasteiger partial charge in [-0.25, -0.2) is 0 Å². The molecule has 0 N–H and O–H groups in total. The molecule has 22 heavy (non-hydrogen) atoms. The van der Waals surface area contributed by atoms with Crippen molar-refractivity contribution in [1.29, 1.82) is 0 Å². The first-order valence-corrected chi connectivity index (χ1v) is 8.97. The third-order valence-corrected chi connectivity index (χ3v) is 5.98. The van der Waals surface area contributed by atoms with Crippen LogP contribution < -0.4 is 0 Å². The lowest BCUT2D eigenvalue weighted by atomic mass is 10.2. The number of thiophene rings is 1. The van der Waals surface area contributed by atoms with Gasteiger partial charge in [0.05, 0.1) is 10.0 Å². The lowest BCUT2D eigenvalue weighted by Gasteiger charge is -2.19. The van der Waals surface area contributed by atoms with Crippen LogP contribution in [0.4, 0.5) is 0 Å². The Hall–Kier alpha value is -0.520. The van der Waals surface area contributed by atoms with E-state index in [2.05, 4.69) is 11.9 Å². The summed E-state index contributed by atoms with van der Waals surface area (Å²) in [6, 6.07) is 3.45. The van der Waals surface area contributed by atoms with Gasteiger partial charge in [-0.2, -0.15) is 0 Å². The summed E-state index contributed by atoms with van der Waals surface area (Å²) in [4.78, 5) is 17.5. The summed E-state index contributed by atoms with van der Waals surface area (Å²) in [5.74, 6) is -0.0197. The molecule has 3 rings (SSSR count). The topological polar surface area (TPSA) is 23.6 Å². The standard InChI is InChI=1S/C15H15Cl3N2OS/c1-19-3-2-4-20(6-5-19)15(21)14-13(18)12-10(17)7-9(16)8-11(12)22-14/h7-8H,2-6H2,1H3. The summed E-state index contributed by atoms with van der Waals surface area (Å²) >= 11 is 20.0. The first-order chi connectivity index (χ1) is 10.5. The molecule has 2 aromatic rings. The van der Waals surface area contributed by atoms with Crippen LogP contribution in [-0.4, -0.2) is 48.9 Å². The number of benzene rings is 1. The molecule has 0 aliphatic carbocycles. The fraction of sp³-hybridized carbons (Fsp3) is 0.400. The molecule has 0 radical (unpaired) electrons. The maximum absolute atomic E-state index is 12.8. The highest BCUT2D eigenvalue weighted by molar-refractivity contribution is 7.21. The molecule has 1 saturated heterocycles. The second-order valence-electron chi connectivity index (χ2n) is 5.45. The number of carbonyl (C=O) groups is 1. The van der Waals surface area contributed by atoms with Gasteiger partial charge in [-0.15, -0.1) is 11.3 Å². The van der Waals surface area contributed by atoms with E-state index in [1.165, 1.54) is 11.3 Å². The zero-order chi connectivity index (χ0) is 15.9. The highest BCUT2D eigenvalue weighted by Gasteiger charge is 2.25. The molecule has 0 saturated carbocycles. The van der Waals surface area contributed by atoms with E-state index in [0.717, 1.165) is 30.8 Å². The average molecular weight is 378 g/mol. The number of halogens is 3. The Morgan fingerprint density at radius 2 is 1.91 bits per heavy atom. The lowest BCUT2D eigenvalue weighted by Crippen LogP contribution is -2.34.